The minimum atomic E-state index is -1.10. The summed E-state index contributed by atoms with van der Waals surface area (Å²) in [6.07, 6.45) is 0.987. The highest BCUT2D eigenvalue weighted by Gasteiger charge is 2.76. The zero-order valence-electron chi connectivity index (χ0n) is 19.2. The van der Waals surface area contributed by atoms with Gasteiger partial charge in [0.1, 0.15) is 11.6 Å². The second kappa shape index (κ2) is 9.35. The molecule has 2 bridgehead atoms. The SMILES string of the molecule is CCOC(=O)[C@H]1[C@@H]2O[C@@]3(CC2Br)[C@@H]1C(=O)N(CCCCO)[C@@H]3C(=O)Nc1c(C)cccc1C. The molecule has 4 rings (SSSR count). The third kappa shape index (κ3) is 3.88. The first-order chi connectivity index (χ1) is 15.8. The number of likely N-dealkylation sites (tertiary alicyclic amines) is 1. The van der Waals surface area contributed by atoms with Crippen molar-refractivity contribution >= 4 is 39.4 Å². The van der Waals surface area contributed by atoms with Gasteiger partial charge in [0, 0.05) is 23.7 Å². The normalized spacial score (nSPS) is 32.2. The lowest BCUT2D eigenvalue weighted by Crippen LogP contribution is -2.54. The van der Waals surface area contributed by atoms with Crippen molar-refractivity contribution in [3.05, 3.63) is 29.3 Å². The largest absolute Gasteiger partial charge is 0.466 e. The summed E-state index contributed by atoms with van der Waals surface area (Å²) < 4.78 is 11.7. The second-order valence-corrected chi connectivity index (χ2v) is 10.3. The number of carbonyl (C=O) groups is 3. The van der Waals surface area contributed by atoms with Gasteiger partial charge in [0.2, 0.25) is 11.8 Å². The molecule has 0 aliphatic carbocycles. The maximum Gasteiger partial charge on any atom is 0.312 e. The van der Waals surface area contributed by atoms with E-state index in [1.54, 1.807) is 11.8 Å². The molecule has 180 valence electrons. The number of anilines is 1. The van der Waals surface area contributed by atoms with Crippen LogP contribution < -0.4 is 5.32 Å². The van der Waals surface area contributed by atoms with Crippen molar-refractivity contribution in [2.45, 2.75) is 62.6 Å². The van der Waals surface area contributed by atoms with Crippen LogP contribution in [0.3, 0.4) is 0 Å². The predicted molar refractivity (Wildman–Crippen MR) is 125 cm³/mol. The Morgan fingerprint density at radius 2 is 2.00 bits per heavy atom. The Morgan fingerprint density at radius 3 is 2.64 bits per heavy atom. The zero-order valence-corrected chi connectivity index (χ0v) is 20.8. The number of fused-ring (bicyclic) bond motifs is 1. The van der Waals surface area contributed by atoms with Gasteiger partial charge in [-0.05, 0) is 51.2 Å². The number of ether oxygens (including phenoxy) is 2. The van der Waals surface area contributed by atoms with E-state index in [4.69, 9.17) is 9.47 Å². The van der Waals surface area contributed by atoms with E-state index in [0.29, 0.717) is 25.8 Å². The summed E-state index contributed by atoms with van der Waals surface area (Å²) in [6.45, 7) is 6.09. The van der Waals surface area contributed by atoms with Gasteiger partial charge in [0.05, 0.1) is 24.5 Å². The topological polar surface area (TPSA) is 105 Å². The number of aliphatic hydroxyl groups excluding tert-OH is 1. The summed E-state index contributed by atoms with van der Waals surface area (Å²) >= 11 is 3.63. The van der Waals surface area contributed by atoms with Crippen molar-refractivity contribution in [1.82, 2.24) is 4.90 Å². The lowest BCUT2D eigenvalue weighted by molar-refractivity contribution is -0.154. The number of carbonyl (C=O) groups excluding carboxylic acids is 3. The van der Waals surface area contributed by atoms with Crippen molar-refractivity contribution in [3.8, 4) is 0 Å². The Hall–Kier alpha value is -1.97. The lowest BCUT2D eigenvalue weighted by Gasteiger charge is -2.34. The first-order valence-corrected chi connectivity index (χ1v) is 12.4. The summed E-state index contributed by atoms with van der Waals surface area (Å²) in [4.78, 5) is 41.7. The molecule has 2 amide bonds. The van der Waals surface area contributed by atoms with E-state index in [2.05, 4.69) is 21.2 Å². The Morgan fingerprint density at radius 1 is 1.30 bits per heavy atom. The number of unbranched alkanes of at least 4 members (excludes halogenated alkanes) is 1. The van der Waals surface area contributed by atoms with Crippen molar-refractivity contribution in [1.29, 1.82) is 0 Å². The number of aliphatic hydroxyl groups is 1. The molecule has 3 heterocycles. The standard InChI is InChI=1S/C24H31BrN2O6/c1-4-32-23(31)16-17-22(30)27(10-5-6-11-28)20(24(17)12-15(25)19(16)33-24)21(29)26-18-13(2)8-7-9-14(18)3/h7-9,15-17,19-20,28H,4-6,10-12H2,1-3H3,(H,26,29)/t15?,16-,17+,19-,20-,24+/m1/s1. The molecule has 0 saturated carbocycles. The molecule has 1 aromatic rings. The van der Waals surface area contributed by atoms with Crippen LogP contribution >= 0.6 is 15.9 Å². The van der Waals surface area contributed by atoms with Crippen LogP contribution in [-0.2, 0) is 23.9 Å². The molecular weight excluding hydrogens is 492 g/mol. The highest BCUT2D eigenvalue weighted by Crippen LogP contribution is 2.60. The maximum absolute atomic E-state index is 13.8. The number of hydrogen-bond acceptors (Lipinski definition) is 6. The Labute approximate surface area is 202 Å². The number of aryl methyl sites for hydroxylation is 2. The molecule has 1 unspecified atom stereocenters. The van der Waals surface area contributed by atoms with Gasteiger partial charge in [-0.3, -0.25) is 14.4 Å². The average molecular weight is 523 g/mol. The van der Waals surface area contributed by atoms with Crippen LogP contribution in [0.15, 0.2) is 18.2 Å². The van der Waals surface area contributed by atoms with Gasteiger partial charge < -0.3 is 24.8 Å². The first kappa shape index (κ1) is 24.2. The molecule has 6 atom stereocenters. The van der Waals surface area contributed by atoms with Gasteiger partial charge in [0.15, 0.2) is 0 Å². The molecule has 0 aromatic heterocycles. The number of rotatable bonds is 8. The summed E-state index contributed by atoms with van der Waals surface area (Å²) in [5, 5.41) is 12.3. The molecule has 3 saturated heterocycles. The zero-order chi connectivity index (χ0) is 23.9. The van der Waals surface area contributed by atoms with Gasteiger partial charge >= 0.3 is 5.97 Å². The predicted octanol–water partition coefficient (Wildman–Crippen LogP) is 2.33. The maximum atomic E-state index is 13.8. The number of para-hydroxylation sites is 1. The molecule has 3 aliphatic rings. The average Bonchev–Trinajstić information content (AvgIpc) is 3.35. The number of halogens is 1. The van der Waals surface area contributed by atoms with E-state index in [1.165, 1.54) is 0 Å². The van der Waals surface area contributed by atoms with Gasteiger partial charge in [-0.25, -0.2) is 0 Å². The van der Waals surface area contributed by atoms with Gasteiger partial charge in [-0.2, -0.15) is 0 Å². The number of benzene rings is 1. The summed E-state index contributed by atoms with van der Waals surface area (Å²) in [5.74, 6) is -2.56. The van der Waals surface area contributed by atoms with E-state index in [0.717, 1.165) is 16.8 Å². The van der Waals surface area contributed by atoms with Crippen LogP contribution in [0.2, 0.25) is 0 Å². The van der Waals surface area contributed by atoms with Crippen LogP contribution in [0.1, 0.15) is 37.3 Å². The minimum Gasteiger partial charge on any atom is -0.466 e. The number of amides is 2. The fourth-order valence-corrected chi connectivity index (χ4v) is 6.72. The van der Waals surface area contributed by atoms with Gasteiger partial charge in [-0.15, -0.1) is 0 Å². The fraction of sp³-hybridized carbons (Fsp3) is 0.625. The summed E-state index contributed by atoms with van der Waals surface area (Å²) in [6, 6.07) is 4.89. The number of hydrogen-bond donors (Lipinski definition) is 2. The van der Waals surface area contributed by atoms with Crippen LogP contribution in [0.5, 0.6) is 0 Å². The summed E-state index contributed by atoms with van der Waals surface area (Å²) in [5.41, 5.74) is 1.46. The molecule has 3 fully saturated rings. The van der Waals surface area contributed by atoms with E-state index < -0.39 is 35.6 Å². The molecule has 8 nitrogen and oxygen atoms in total. The smallest absolute Gasteiger partial charge is 0.312 e. The summed E-state index contributed by atoms with van der Waals surface area (Å²) in [7, 11) is 0. The van der Waals surface area contributed by atoms with Gasteiger partial charge in [0.25, 0.3) is 0 Å². The van der Waals surface area contributed by atoms with E-state index in [9.17, 15) is 19.5 Å². The van der Waals surface area contributed by atoms with Crippen molar-refractivity contribution in [2.24, 2.45) is 11.8 Å². The van der Waals surface area contributed by atoms with Crippen LogP contribution in [0.25, 0.3) is 0 Å². The molecule has 9 heteroatoms. The Balaban J connectivity index is 1.72. The monoisotopic (exact) mass is 522 g/mol. The van der Waals surface area contributed by atoms with Crippen LogP contribution in [-0.4, -0.2) is 70.1 Å². The molecular formula is C24H31BrN2O6. The van der Waals surface area contributed by atoms with Crippen molar-refractivity contribution in [3.63, 3.8) is 0 Å². The lowest BCUT2D eigenvalue weighted by atomic mass is 9.70. The quantitative estimate of drug-likeness (QED) is 0.308. The van der Waals surface area contributed by atoms with Crippen molar-refractivity contribution in [2.75, 3.05) is 25.1 Å². The van der Waals surface area contributed by atoms with Crippen LogP contribution in [0.4, 0.5) is 5.69 Å². The fourth-order valence-electron chi connectivity index (χ4n) is 5.78. The number of esters is 1. The van der Waals surface area contributed by atoms with Crippen molar-refractivity contribution < 1.29 is 29.0 Å². The Bertz CT molecular complexity index is 935. The van der Waals surface area contributed by atoms with Crippen LogP contribution in [0, 0.1) is 25.7 Å². The highest BCUT2D eigenvalue weighted by atomic mass is 79.9. The molecule has 0 radical (unpaired) electrons. The number of nitrogens with zero attached hydrogens (tertiary/aromatic N) is 1. The van der Waals surface area contributed by atoms with E-state index >= 15 is 0 Å². The third-order valence-electron chi connectivity index (χ3n) is 7.13. The Kier molecular flexibility index (Phi) is 6.85. The van der Waals surface area contributed by atoms with E-state index in [1.807, 2.05) is 32.0 Å². The first-order valence-electron chi connectivity index (χ1n) is 11.5. The molecule has 1 aromatic carbocycles. The molecule has 1 spiro atoms. The number of nitrogens with one attached hydrogen (secondary N) is 1. The minimum absolute atomic E-state index is 0.00334. The van der Waals surface area contributed by atoms with E-state index in [-0.39, 0.29) is 29.9 Å². The highest BCUT2D eigenvalue weighted by molar-refractivity contribution is 9.09. The molecule has 3 aliphatic heterocycles. The molecule has 33 heavy (non-hydrogen) atoms. The second-order valence-electron chi connectivity index (χ2n) is 9.13. The molecule has 2 N–H and O–H groups in total. The number of alkyl halides is 1. The van der Waals surface area contributed by atoms with Gasteiger partial charge in [-0.1, -0.05) is 34.1 Å². The third-order valence-corrected chi connectivity index (χ3v) is 7.98.